The zero-order valence-corrected chi connectivity index (χ0v) is 21.7. The second-order valence-corrected chi connectivity index (χ2v) is 12.0. The van der Waals surface area contributed by atoms with Gasteiger partial charge < -0.3 is 15.0 Å². The highest BCUT2D eigenvalue weighted by atomic mass is 35.5. The fraction of sp³-hybridized carbons (Fsp3) is 0.400. The average Bonchev–Trinajstić information content (AvgIpc) is 3.21. The van der Waals surface area contributed by atoms with Crippen LogP contribution in [0, 0.1) is 0 Å². The van der Waals surface area contributed by atoms with Gasteiger partial charge in [0, 0.05) is 47.0 Å². The summed E-state index contributed by atoms with van der Waals surface area (Å²) >= 11 is 5.88. The first-order valence-electron chi connectivity index (χ1n) is 11.5. The number of anilines is 1. The van der Waals surface area contributed by atoms with E-state index >= 15 is 0 Å². The molecule has 1 N–H and O–H groups in total. The van der Waals surface area contributed by atoms with Crippen LogP contribution < -0.4 is 5.32 Å². The van der Waals surface area contributed by atoms with E-state index in [1.165, 1.54) is 30.3 Å². The third kappa shape index (κ3) is 5.44. The second-order valence-electron chi connectivity index (χ2n) is 9.73. The lowest BCUT2D eigenvalue weighted by atomic mass is 10.0. The van der Waals surface area contributed by atoms with Crippen LogP contribution >= 0.6 is 11.6 Å². The van der Waals surface area contributed by atoms with Crippen LogP contribution in [0.15, 0.2) is 53.6 Å². The summed E-state index contributed by atoms with van der Waals surface area (Å²) in [6.45, 7) is 6.33. The molecule has 11 heteroatoms. The van der Waals surface area contributed by atoms with Gasteiger partial charge in [-0.25, -0.2) is 26.0 Å². The number of nitrogens with zero attached hydrogens (tertiary/aromatic N) is 2. The highest BCUT2D eigenvalue weighted by Crippen LogP contribution is 2.37. The van der Waals surface area contributed by atoms with Gasteiger partial charge >= 0.3 is 6.09 Å². The average molecular weight is 540 g/mol. The molecule has 0 spiro atoms. The molecule has 3 aromatic rings. The van der Waals surface area contributed by atoms with E-state index in [0.717, 1.165) is 10.2 Å². The summed E-state index contributed by atoms with van der Waals surface area (Å²) in [5, 5.41) is 3.82. The van der Waals surface area contributed by atoms with Crippen molar-refractivity contribution in [3.05, 3.63) is 59.2 Å². The van der Waals surface area contributed by atoms with Crippen molar-refractivity contribution >= 4 is 44.3 Å². The molecule has 1 saturated heterocycles. The molecule has 0 saturated carbocycles. The SMILES string of the molecule is CC(C)(C)OC(=O)N1CCC(Nc2cccc3c2c(C(F)F)cn3S(=O)(=O)c2ccc(Cl)cc2)CC1. The minimum Gasteiger partial charge on any atom is -0.444 e. The number of alkyl halides is 2. The number of piperidine rings is 1. The van der Waals surface area contributed by atoms with Crippen LogP contribution in [0.2, 0.25) is 5.02 Å². The van der Waals surface area contributed by atoms with E-state index in [2.05, 4.69) is 5.32 Å². The summed E-state index contributed by atoms with van der Waals surface area (Å²) in [6.07, 6.45) is -1.11. The van der Waals surface area contributed by atoms with Crippen molar-refractivity contribution in [2.24, 2.45) is 0 Å². The molecule has 1 fully saturated rings. The number of benzene rings is 2. The van der Waals surface area contributed by atoms with Crippen molar-refractivity contribution in [1.29, 1.82) is 0 Å². The van der Waals surface area contributed by atoms with E-state index < -0.39 is 22.0 Å². The van der Waals surface area contributed by atoms with Gasteiger partial charge in [0.15, 0.2) is 0 Å². The fourth-order valence-corrected chi connectivity index (χ4v) is 5.74. The van der Waals surface area contributed by atoms with Crippen LogP contribution in [0.1, 0.15) is 45.6 Å². The first-order valence-corrected chi connectivity index (χ1v) is 13.4. The van der Waals surface area contributed by atoms with Crippen LogP contribution in [0.3, 0.4) is 0 Å². The van der Waals surface area contributed by atoms with E-state index in [1.54, 1.807) is 37.8 Å². The maximum atomic E-state index is 14.1. The second kappa shape index (κ2) is 9.89. The number of hydrogen-bond donors (Lipinski definition) is 1. The van der Waals surface area contributed by atoms with E-state index in [4.69, 9.17) is 16.3 Å². The summed E-state index contributed by atoms with van der Waals surface area (Å²) in [5.41, 5.74) is -0.399. The lowest BCUT2D eigenvalue weighted by molar-refractivity contribution is 0.0210. The number of hydrogen-bond acceptors (Lipinski definition) is 5. The number of nitrogens with one attached hydrogen (secondary N) is 1. The van der Waals surface area contributed by atoms with Gasteiger partial charge in [-0.2, -0.15) is 0 Å². The van der Waals surface area contributed by atoms with Gasteiger partial charge in [0.05, 0.1) is 10.4 Å². The van der Waals surface area contributed by atoms with Crippen molar-refractivity contribution < 1.29 is 26.7 Å². The van der Waals surface area contributed by atoms with Gasteiger partial charge in [-0.05, 0) is 70.0 Å². The van der Waals surface area contributed by atoms with Crippen molar-refractivity contribution in [2.45, 2.75) is 56.6 Å². The van der Waals surface area contributed by atoms with Crippen LogP contribution in [0.4, 0.5) is 19.3 Å². The highest BCUT2D eigenvalue weighted by Gasteiger charge is 2.29. The van der Waals surface area contributed by atoms with Crippen molar-refractivity contribution in [2.75, 3.05) is 18.4 Å². The first kappa shape index (κ1) is 26.2. The van der Waals surface area contributed by atoms with Crippen LogP contribution in [-0.2, 0) is 14.8 Å². The molecule has 1 aliphatic heterocycles. The third-order valence-electron chi connectivity index (χ3n) is 5.94. The molecular weight excluding hydrogens is 512 g/mol. The number of halogens is 3. The topological polar surface area (TPSA) is 80.6 Å². The van der Waals surface area contributed by atoms with Gasteiger partial charge in [-0.1, -0.05) is 17.7 Å². The van der Waals surface area contributed by atoms with Crippen LogP contribution in [0.25, 0.3) is 10.9 Å². The summed E-state index contributed by atoms with van der Waals surface area (Å²) < 4.78 is 61.1. The van der Waals surface area contributed by atoms with Crippen molar-refractivity contribution in [1.82, 2.24) is 8.87 Å². The molecule has 2 heterocycles. The van der Waals surface area contributed by atoms with Crippen molar-refractivity contribution in [3.8, 4) is 0 Å². The van der Waals surface area contributed by atoms with Crippen LogP contribution in [0.5, 0.6) is 0 Å². The molecular formula is C25H28ClF2N3O4S. The Bertz CT molecular complexity index is 1360. The molecule has 36 heavy (non-hydrogen) atoms. The number of fused-ring (bicyclic) bond motifs is 1. The fourth-order valence-electron chi connectivity index (χ4n) is 4.25. The molecule has 2 aromatic carbocycles. The zero-order chi connectivity index (χ0) is 26.3. The summed E-state index contributed by atoms with van der Waals surface area (Å²) in [7, 11) is -4.14. The van der Waals surface area contributed by atoms with Gasteiger partial charge in [-0.15, -0.1) is 0 Å². The first-order chi connectivity index (χ1) is 16.9. The third-order valence-corrected chi connectivity index (χ3v) is 7.88. The Labute approximate surface area is 214 Å². The molecule has 1 aliphatic rings. The number of aromatic nitrogens is 1. The summed E-state index contributed by atoms with van der Waals surface area (Å²) in [5.74, 6) is 0. The summed E-state index contributed by atoms with van der Waals surface area (Å²) in [6, 6.07) is 10.3. The normalized spacial score (nSPS) is 15.5. The number of rotatable bonds is 5. The van der Waals surface area contributed by atoms with Crippen LogP contribution in [-0.4, -0.2) is 48.1 Å². The Morgan fingerprint density at radius 1 is 1.11 bits per heavy atom. The van der Waals surface area contributed by atoms with Crippen molar-refractivity contribution in [3.63, 3.8) is 0 Å². The molecule has 0 atom stereocenters. The Hall–Kier alpha value is -2.85. The quantitative estimate of drug-likeness (QED) is 0.412. The van der Waals surface area contributed by atoms with E-state index in [-0.39, 0.29) is 33.5 Å². The molecule has 0 bridgehead atoms. The highest BCUT2D eigenvalue weighted by molar-refractivity contribution is 7.90. The predicted octanol–water partition coefficient (Wildman–Crippen LogP) is 6.28. The number of carbonyl (C=O) groups excluding carboxylic acids is 1. The Balaban J connectivity index is 1.62. The van der Waals surface area contributed by atoms with Gasteiger partial charge in [0.2, 0.25) is 0 Å². The number of likely N-dealkylation sites (tertiary alicyclic amines) is 1. The number of amides is 1. The minimum atomic E-state index is -4.14. The Morgan fingerprint density at radius 2 is 1.75 bits per heavy atom. The van der Waals surface area contributed by atoms with E-state index in [1.807, 2.05) is 0 Å². The largest absolute Gasteiger partial charge is 0.444 e. The maximum absolute atomic E-state index is 14.1. The number of carbonyl (C=O) groups is 1. The smallest absolute Gasteiger partial charge is 0.410 e. The monoisotopic (exact) mass is 539 g/mol. The molecule has 0 radical (unpaired) electrons. The molecule has 0 aliphatic carbocycles. The van der Waals surface area contributed by atoms with E-state index in [9.17, 15) is 22.0 Å². The lowest BCUT2D eigenvalue weighted by Crippen LogP contribution is -2.44. The standard InChI is InChI=1S/C25H28ClF2N3O4S/c1-25(2,3)35-24(32)30-13-11-17(12-14-30)29-20-5-4-6-21-22(20)19(23(27)28)15-31(21)36(33,34)18-9-7-16(26)8-10-18/h4-10,15,17,23,29H,11-14H2,1-3H3. The lowest BCUT2D eigenvalue weighted by Gasteiger charge is -2.34. The molecule has 194 valence electrons. The molecule has 1 aromatic heterocycles. The summed E-state index contributed by atoms with van der Waals surface area (Å²) in [4.78, 5) is 13.9. The minimum absolute atomic E-state index is 0.0579. The Kier molecular flexibility index (Phi) is 7.21. The number of ether oxygens (including phenoxy) is 1. The molecule has 1 amide bonds. The maximum Gasteiger partial charge on any atom is 0.410 e. The van der Waals surface area contributed by atoms with Gasteiger partial charge in [0.1, 0.15) is 5.60 Å². The Morgan fingerprint density at radius 3 is 2.33 bits per heavy atom. The zero-order valence-electron chi connectivity index (χ0n) is 20.2. The molecule has 7 nitrogen and oxygen atoms in total. The molecule has 0 unspecified atom stereocenters. The van der Waals surface area contributed by atoms with Gasteiger partial charge in [-0.3, -0.25) is 0 Å². The molecule has 4 rings (SSSR count). The van der Waals surface area contributed by atoms with E-state index in [0.29, 0.717) is 36.6 Å². The van der Waals surface area contributed by atoms with Gasteiger partial charge in [0.25, 0.3) is 16.4 Å². The predicted molar refractivity (Wildman–Crippen MR) is 135 cm³/mol.